The molecule has 1 aromatic carbocycles. The number of benzene rings is 1. The summed E-state index contributed by atoms with van der Waals surface area (Å²) in [5, 5.41) is 0.889. The summed E-state index contributed by atoms with van der Waals surface area (Å²) in [5.74, 6) is 0.584. The Bertz CT molecular complexity index is 925. The number of ether oxygens (including phenoxy) is 1. The number of amides is 1. The Morgan fingerprint density at radius 1 is 1.23 bits per heavy atom. The Morgan fingerprint density at radius 2 is 2.00 bits per heavy atom. The summed E-state index contributed by atoms with van der Waals surface area (Å²) in [6, 6.07) is 5.41. The van der Waals surface area contributed by atoms with Gasteiger partial charge in [-0.25, -0.2) is 4.79 Å². The molecule has 0 bridgehead atoms. The van der Waals surface area contributed by atoms with Crippen molar-refractivity contribution in [2.24, 2.45) is 5.41 Å². The van der Waals surface area contributed by atoms with Gasteiger partial charge in [0.1, 0.15) is 11.3 Å². The second-order valence-electron chi connectivity index (χ2n) is 7.92. The minimum absolute atomic E-state index is 0.0395. The molecule has 5 nitrogen and oxygen atoms in total. The summed E-state index contributed by atoms with van der Waals surface area (Å²) < 4.78 is 11.3. The van der Waals surface area contributed by atoms with Crippen molar-refractivity contribution in [2.75, 3.05) is 13.1 Å². The van der Waals surface area contributed by atoms with Gasteiger partial charge in [-0.05, 0) is 69.6 Å². The first-order chi connectivity index (χ1) is 12.4. The van der Waals surface area contributed by atoms with Crippen LogP contribution in [0.25, 0.3) is 11.0 Å². The molecule has 2 aliphatic rings. The summed E-state index contributed by atoms with van der Waals surface area (Å²) in [6.45, 7) is 7.14. The standard InChI is InChI=1S/C21H25NO4/c1-13-14(2)20(24)26-18-11-16(5-6-17(13)18)25-15(3)19(23)22-10-4-7-21(12-22)8-9-21/h5-6,11,15H,4,7-10,12H2,1-3H3. The van der Waals surface area contributed by atoms with Gasteiger partial charge in [0.15, 0.2) is 6.10 Å². The van der Waals surface area contributed by atoms with Crippen molar-refractivity contribution in [3.8, 4) is 5.75 Å². The lowest BCUT2D eigenvalue weighted by Crippen LogP contribution is -2.46. The van der Waals surface area contributed by atoms with Crippen LogP contribution in [-0.4, -0.2) is 30.0 Å². The molecule has 2 fully saturated rings. The highest BCUT2D eigenvalue weighted by molar-refractivity contribution is 5.83. The summed E-state index contributed by atoms with van der Waals surface area (Å²) in [5.41, 5.74) is 2.09. The highest BCUT2D eigenvalue weighted by atomic mass is 16.5. The van der Waals surface area contributed by atoms with Crippen LogP contribution in [0.4, 0.5) is 0 Å². The Morgan fingerprint density at radius 3 is 2.73 bits per heavy atom. The molecule has 2 heterocycles. The molecule has 1 spiro atoms. The van der Waals surface area contributed by atoms with E-state index in [9.17, 15) is 9.59 Å². The van der Waals surface area contributed by atoms with Crippen LogP contribution in [0.5, 0.6) is 5.75 Å². The Hall–Kier alpha value is -2.30. The zero-order valence-corrected chi connectivity index (χ0v) is 15.6. The number of fused-ring (bicyclic) bond motifs is 1. The number of nitrogens with zero attached hydrogens (tertiary/aromatic N) is 1. The van der Waals surface area contributed by atoms with Gasteiger partial charge in [0, 0.05) is 30.1 Å². The molecule has 1 saturated heterocycles. The van der Waals surface area contributed by atoms with Crippen molar-refractivity contribution < 1.29 is 13.9 Å². The van der Waals surface area contributed by atoms with Crippen molar-refractivity contribution >= 4 is 16.9 Å². The summed E-state index contributed by atoms with van der Waals surface area (Å²) in [6.07, 6.45) is 4.26. The maximum atomic E-state index is 12.8. The highest BCUT2D eigenvalue weighted by Gasteiger charge is 2.46. The zero-order chi connectivity index (χ0) is 18.5. The lowest BCUT2D eigenvalue weighted by molar-refractivity contribution is -0.140. The van der Waals surface area contributed by atoms with E-state index in [0.717, 1.165) is 30.5 Å². The van der Waals surface area contributed by atoms with E-state index in [2.05, 4.69) is 0 Å². The van der Waals surface area contributed by atoms with Crippen molar-refractivity contribution in [1.29, 1.82) is 0 Å². The first kappa shape index (κ1) is 17.1. The molecule has 0 radical (unpaired) electrons. The van der Waals surface area contributed by atoms with Crippen LogP contribution < -0.4 is 10.4 Å². The number of carbonyl (C=O) groups excluding carboxylic acids is 1. The van der Waals surface area contributed by atoms with Gasteiger partial charge >= 0.3 is 5.63 Å². The summed E-state index contributed by atoms with van der Waals surface area (Å²) in [7, 11) is 0. The van der Waals surface area contributed by atoms with E-state index in [1.165, 1.54) is 19.3 Å². The van der Waals surface area contributed by atoms with Gasteiger partial charge in [-0.2, -0.15) is 0 Å². The number of carbonyl (C=O) groups is 1. The number of aryl methyl sites for hydroxylation is 1. The molecule has 0 N–H and O–H groups in total. The Kier molecular flexibility index (Phi) is 4.05. The molecule has 1 aromatic heterocycles. The zero-order valence-electron chi connectivity index (χ0n) is 15.6. The number of likely N-dealkylation sites (tertiary alicyclic amines) is 1. The van der Waals surface area contributed by atoms with Crippen LogP contribution >= 0.6 is 0 Å². The summed E-state index contributed by atoms with van der Waals surface area (Å²) in [4.78, 5) is 26.6. The molecule has 2 aromatic rings. The number of piperidine rings is 1. The lowest BCUT2D eigenvalue weighted by Gasteiger charge is -2.34. The van der Waals surface area contributed by atoms with Crippen LogP contribution in [0.3, 0.4) is 0 Å². The molecule has 26 heavy (non-hydrogen) atoms. The molecular formula is C21H25NO4. The molecule has 1 aliphatic carbocycles. The molecule has 5 heteroatoms. The van der Waals surface area contributed by atoms with Crippen molar-refractivity contribution in [2.45, 2.75) is 52.6 Å². The normalized spacial score (nSPS) is 19.6. The van der Waals surface area contributed by atoms with Crippen molar-refractivity contribution in [1.82, 2.24) is 4.90 Å². The predicted octanol–water partition coefficient (Wildman–Crippen LogP) is 3.58. The van der Waals surface area contributed by atoms with E-state index in [0.29, 0.717) is 22.3 Å². The first-order valence-electron chi connectivity index (χ1n) is 9.38. The van der Waals surface area contributed by atoms with E-state index in [1.807, 2.05) is 24.0 Å². The van der Waals surface area contributed by atoms with Crippen LogP contribution in [0.1, 0.15) is 43.7 Å². The average Bonchev–Trinajstić information content (AvgIpc) is 3.37. The summed E-state index contributed by atoms with van der Waals surface area (Å²) >= 11 is 0. The van der Waals surface area contributed by atoms with Crippen LogP contribution in [0, 0.1) is 19.3 Å². The van der Waals surface area contributed by atoms with E-state index in [4.69, 9.17) is 9.15 Å². The molecule has 1 unspecified atom stereocenters. The fourth-order valence-electron chi connectivity index (χ4n) is 3.99. The monoisotopic (exact) mass is 355 g/mol. The Balaban J connectivity index is 1.52. The second-order valence-corrected chi connectivity index (χ2v) is 7.92. The average molecular weight is 355 g/mol. The molecular weight excluding hydrogens is 330 g/mol. The molecule has 1 saturated carbocycles. The third-order valence-electron chi connectivity index (χ3n) is 6.02. The van der Waals surface area contributed by atoms with Gasteiger partial charge < -0.3 is 14.1 Å². The number of hydrogen-bond donors (Lipinski definition) is 0. The van der Waals surface area contributed by atoms with Crippen LogP contribution in [0.2, 0.25) is 0 Å². The van der Waals surface area contributed by atoms with E-state index >= 15 is 0 Å². The van der Waals surface area contributed by atoms with Gasteiger partial charge in [0.25, 0.3) is 5.91 Å². The predicted molar refractivity (Wildman–Crippen MR) is 99.5 cm³/mol. The van der Waals surface area contributed by atoms with Gasteiger partial charge in [-0.15, -0.1) is 0 Å². The van der Waals surface area contributed by atoms with Crippen molar-refractivity contribution in [3.05, 3.63) is 39.7 Å². The second kappa shape index (κ2) is 6.15. The molecule has 4 rings (SSSR count). The minimum atomic E-state index is -0.556. The maximum Gasteiger partial charge on any atom is 0.339 e. The van der Waals surface area contributed by atoms with Gasteiger partial charge in [0.05, 0.1) is 0 Å². The minimum Gasteiger partial charge on any atom is -0.481 e. The van der Waals surface area contributed by atoms with Crippen LogP contribution in [0.15, 0.2) is 27.4 Å². The first-order valence-corrected chi connectivity index (χ1v) is 9.38. The van der Waals surface area contributed by atoms with Gasteiger partial charge in [-0.3, -0.25) is 4.79 Å². The SMILES string of the molecule is Cc1c(C)c2ccc(OC(C)C(=O)N3CCCC4(CC4)C3)cc2oc1=O. The smallest absolute Gasteiger partial charge is 0.339 e. The highest BCUT2D eigenvalue weighted by Crippen LogP contribution is 2.52. The third-order valence-corrected chi connectivity index (χ3v) is 6.02. The van der Waals surface area contributed by atoms with E-state index < -0.39 is 6.10 Å². The molecule has 1 aliphatic heterocycles. The topological polar surface area (TPSA) is 59.8 Å². The fraction of sp³-hybridized carbons (Fsp3) is 0.524. The number of hydrogen-bond acceptors (Lipinski definition) is 4. The largest absolute Gasteiger partial charge is 0.481 e. The van der Waals surface area contributed by atoms with Gasteiger partial charge in [0.2, 0.25) is 0 Å². The maximum absolute atomic E-state index is 12.8. The van der Waals surface area contributed by atoms with E-state index in [1.54, 1.807) is 19.9 Å². The fourth-order valence-corrected chi connectivity index (χ4v) is 3.99. The molecule has 1 atom stereocenters. The Labute approximate surface area is 152 Å². The van der Waals surface area contributed by atoms with Gasteiger partial charge in [-0.1, -0.05) is 0 Å². The number of rotatable bonds is 3. The third kappa shape index (κ3) is 3.00. The quantitative estimate of drug-likeness (QED) is 0.790. The van der Waals surface area contributed by atoms with E-state index in [-0.39, 0.29) is 11.5 Å². The van der Waals surface area contributed by atoms with Crippen molar-refractivity contribution in [3.63, 3.8) is 0 Å². The lowest BCUT2D eigenvalue weighted by atomic mass is 9.95. The molecule has 1 amide bonds. The molecule has 138 valence electrons. The van der Waals surface area contributed by atoms with Crippen LogP contribution in [-0.2, 0) is 4.79 Å².